The Balaban J connectivity index is 2.19. The molecule has 91 valence electrons. The van der Waals surface area contributed by atoms with Gasteiger partial charge in [0.05, 0.1) is 0 Å². The SMILES string of the molecule is [CH2]c1ccccc1C(=O)Nc1cccc(CN)c1. The fourth-order valence-corrected chi connectivity index (χ4v) is 1.72. The number of amides is 1. The number of hydrogen-bond acceptors (Lipinski definition) is 2. The zero-order valence-corrected chi connectivity index (χ0v) is 10.0. The maximum absolute atomic E-state index is 12.1. The molecule has 0 aliphatic rings. The molecule has 0 aliphatic heterocycles. The number of nitrogens with one attached hydrogen (secondary N) is 1. The Hall–Kier alpha value is -2.13. The molecule has 0 aliphatic carbocycles. The van der Waals surface area contributed by atoms with E-state index < -0.39 is 0 Å². The highest BCUT2D eigenvalue weighted by Gasteiger charge is 2.08. The first-order valence-corrected chi connectivity index (χ1v) is 5.72. The second-order valence-electron chi connectivity index (χ2n) is 4.02. The van der Waals surface area contributed by atoms with Gasteiger partial charge in [0.25, 0.3) is 5.91 Å². The smallest absolute Gasteiger partial charge is 0.255 e. The van der Waals surface area contributed by atoms with Gasteiger partial charge in [0.1, 0.15) is 0 Å². The van der Waals surface area contributed by atoms with Crippen molar-refractivity contribution >= 4 is 11.6 Å². The quantitative estimate of drug-likeness (QED) is 0.865. The molecule has 0 heterocycles. The van der Waals surface area contributed by atoms with Crippen molar-refractivity contribution in [1.29, 1.82) is 0 Å². The fourth-order valence-electron chi connectivity index (χ4n) is 1.72. The molecule has 3 N–H and O–H groups in total. The molecule has 0 atom stereocenters. The van der Waals surface area contributed by atoms with Crippen LogP contribution in [0.1, 0.15) is 21.5 Å². The van der Waals surface area contributed by atoms with Crippen LogP contribution in [0, 0.1) is 6.92 Å². The Morgan fingerprint density at radius 1 is 1.17 bits per heavy atom. The van der Waals surface area contributed by atoms with Crippen molar-refractivity contribution in [3.63, 3.8) is 0 Å². The largest absolute Gasteiger partial charge is 0.326 e. The number of hydrogen-bond donors (Lipinski definition) is 2. The summed E-state index contributed by atoms with van der Waals surface area (Å²) in [6.07, 6.45) is 0. The second-order valence-corrected chi connectivity index (χ2v) is 4.02. The highest BCUT2D eigenvalue weighted by molar-refractivity contribution is 6.05. The number of rotatable bonds is 3. The number of benzene rings is 2. The minimum absolute atomic E-state index is 0.158. The van der Waals surface area contributed by atoms with Gasteiger partial charge >= 0.3 is 0 Å². The number of anilines is 1. The third-order valence-electron chi connectivity index (χ3n) is 2.68. The molecule has 18 heavy (non-hydrogen) atoms. The van der Waals surface area contributed by atoms with Crippen LogP contribution in [0.15, 0.2) is 48.5 Å². The van der Waals surface area contributed by atoms with Gasteiger partial charge in [0.2, 0.25) is 0 Å². The van der Waals surface area contributed by atoms with E-state index in [-0.39, 0.29) is 5.91 Å². The lowest BCUT2D eigenvalue weighted by molar-refractivity contribution is 0.102. The van der Waals surface area contributed by atoms with Crippen LogP contribution in [0.3, 0.4) is 0 Å². The van der Waals surface area contributed by atoms with E-state index in [2.05, 4.69) is 12.2 Å². The van der Waals surface area contributed by atoms with E-state index in [1.165, 1.54) is 0 Å². The van der Waals surface area contributed by atoms with Crippen LogP contribution in [0.25, 0.3) is 0 Å². The van der Waals surface area contributed by atoms with Crippen molar-refractivity contribution in [3.05, 3.63) is 72.1 Å². The average Bonchev–Trinajstić information content (AvgIpc) is 2.39. The first kappa shape index (κ1) is 12.3. The Kier molecular flexibility index (Phi) is 3.75. The summed E-state index contributed by atoms with van der Waals surface area (Å²) in [5, 5.41) is 2.84. The van der Waals surface area contributed by atoms with Crippen molar-refractivity contribution < 1.29 is 4.79 Å². The molecular formula is C15H15N2O. The van der Waals surface area contributed by atoms with E-state index in [0.717, 1.165) is 11.3 Å². The predicted molar refractivity (Wildman–Crippen MR) is 73.2 cm³/mol. The number of carbonyl (C=O) groups excluding carboxylic acids is 1. The first-order valence-electron chi connectivity index (χ1n) is 5.72. The second kappa shape index (κ2) is 5.47. The van der Waals surface area contributed by atoms with E-state index in [1.54, 1.807) is 6.07 Å². The Morgan fingerprint density at radius 2 is 1.94 bits per heavy atom. The monoisotopic (exact) mass is 239 g/mol. The molecule has 0 fully saturated rings. The van der Waals surface area contributed by atoms with Gasteiger partial charge in [0.15, 0.2) is 0 Å². The van der Waals surface area contributed by atoms with Crippen LogP contribution < -0.4 is 11.1 Å². The summed E-state index contributed by atoms with van der Waals surface area (Å²) in [5.41, 5.74) is 8.58. The lowest BCUT2D eigenvalue weighted by atomic mass is 10.1. The lowest BCUT2D eigenvalue weighted by Crippen LogP contribution is -2.13. The predicted octanol–water partition coefficient (Wildman–Crippen LogP) is 2.58. The molecule has 2 aromatic carbocycles. The maximum Gasteiger partial charge on any atom is 0.255 e. The van der Waals surface area contributed by atoms with Crippen LogP contribution in [0.4, 0.5) is 5.69 Å². The maximum atomic E-state index is 12.1. The van der Waals surface area contributed by atoms with E-state index in [9.17, 15) is 4.79 Å². The van der Waals surface area contributed by atoms with Gasteiger partial charge in [-0.05, 0) is 36.2 Å². The fraction of sp³-hybridized carbons (Fsp3) is 0.0667. The first-order chi connectivity index (χ1) is 8.70. The molecule has 0 saturated heterocycles. The van der Waals surface area contributed by atoms with Crippen LogP contribution >= 0.6 is 0 Å². The minimum Gasteiger partial charge on any atom is -0.326 e. The van der Waals surface area contributed by atoms with E-state index >= 15 is 0 Å². The van der Waals surface area contributed by atoms with Crippen molar-refractivity contribution in [1.82, 2.24) is 0 Å². The third kappa shape index (κ3) is 2.76. The molecule has 0 bridgehead atoms. The molecule has 2 aromatic rings. The Morgan fingerprint density at radius 3 is 2.67 bits per heavy atom. The van der Waals surface area contributed by atoms with Crippen LogP contribution in [0.2, 0.25) is 0 Å². The highest BCUT2D eigenvalue weighted by Crippen LogP contribution is 2.13. The summed E-state index contributed by atoms with van der Waals surface area (Å²) < 4.78 is 0. The van der Waals surface area contributed by atoms with Gasteiger partial charge in [-0.2, -0.15) is 0 Å². The molecule has 0 spiro atoms. The van der Waals surface area contributed by atoms with Gasteiger partial charge in [-0.15, -0.1) is 0 Å². The molecule has 3 heteroatoms. The van der Waals surface area contributed by atoms with Gasteiger partial charge < -0.3 is 11.1 Å². The average molecular weight is 239 g/mol. The normalized spacial score (nSPS) is 10.1. The standard InChI is InChI=1S/C15H15N2O/c1-11-5-2-3-8-14(11)15(18)17-13-7-4-6-12(9-13)10-16/h2-9H,1,10,16H2,(H,17,18). The molecule has 0 aromatic heterocycles. The van der Waals surface area contributed by atoms with Crippen molar-refractivity contribution in [2.75, 3.05) is 5.32 Å². The van der Waals surface area contributed by atoms with Crippen LogP contribution in [-0.4, -0.2) is 5.91 Å². The number of carbonyl (C=O) groups is 1. The van der Waals surface area contributed by atoms with Gasteiger partial charge in [-0.1, -0.05) is 30.3 Å². The molecule has 0 unspecified atom stereocenters. The summed E-state index contributed by atoms with van der Waals surface area (Å²) in [6.45, 7) is 4.29. The summed E-state index contributed by atoms with van der Waals surface area (Å²) in [6, 6.07) is 14.7. The lowest BCUT2D eigenvalue weighted by Gasteiger charge is -2.08. The summed E-state index contributed by atoms with van der Waals surface area (Å²) in [7, 11) is 0. The van der Waals surface area contributed by atoms with E-state index in [1.807, 2.05) is 42.5 Å². The topological polar surface area (TPSA) is 55.1 Å². The van der Waals surface area contributed by atoms with Gasteiger partial charge in [0, 0.05) is 17.8 Å². The van der Waals surface area contributed by atoms with Gasteiger partial charge in [-0.3, -0.25) is 4.79 Å². The minimum atomic E-state index is -0.158. The zero-order valence-electron chi connectivity index (χ0n) is 10.0. The summed E-state index contributed by atoms with van der Waals surface area (Å²) >= 11 is 0. The molecule has 1 amide bonds. The summed E-state index contributed by atoms with van der Waals surface area (Å²) in [4.78, 5) is 12.1. The van der Waals surface area contributed by atoms with E-state index in [4.69, 9.17) is 5.73 Å². The van der Waals surface area contributed by atoms with Crippen LogP contribution in [0.5, 0.6) is 0 Å². The number of nitrogens with two attached hydrogens (primary N) is 1. The molecule has 2 rings (SSSR count). The molecular weight excluding hydrogens is 224 g/mol. The zero-order chi connectivity index (χ0) is 13.0. The van der Waals surface area contributed by atoms with Gasteiger partial charge in [-0.25, -0.2) is 0 Å². The molecule has 3 nitrogen and oxygen atoms in total. The Labute approximate surface area is 107 Å². The van der Waals surface area contributed by atoms with Crippen molar-refractivity contribution in [3.8, 4) is 0 Å². The third-order valence-corrected chi connectivity index (χ3v) is 2.68. The summed E-state index contributed by atoms with van der Waals surface area (Å²) in [5.74, 6) is -0.158. The highest BCUT2D eigenvalue weighted by atomic mass is 16.1. The van der Waals surface area contributed by atoms with Crippen LogP contribution in [-0.2, 0) is 6.54 Å². The van der Waals surface area contributed by atoms with E-state index in [0.29, 0.717) is 17.7 Å². The molecule has 0 saturated carbocycles. The van der Waals surface area contributed by atoms with Crippen molar-refractivity contribution in [2.45, 2.75) is 6.54 Å². The van der Waals surface area contributed by atoms with Crippen molar-refractivity contribution in [2.24, 2.45) is 5.73 Å². The Bertz CT molecular complexity index is 564. The molecule has 1 radical (unpaired) electrons.